The maximum Gasteiger partial charge on any atom is 0.308 e. The van der Waals surface area contributed by atoms with Crippen LogP contribution in [0.3, 0.4) is 0 Å². The fourth-order valence-electron chi connectivity index (χ4n) is 7.01. The Labute approximate surface area is 278 Å². The van der Waals surface area contributed by atoms with E-state index in [-0.39, 0.29) is 37.7 Å². The maximum absolute atomic E-state index is 13.5. The Balaban J connectivity index is 1.59. The van der Waals surface area contributed by atoms with Crippen LogP contribution in [0.5, 0.6) is 0 Å². The van der Waals surface area contributed by atoms with Crippen LogP contribution in [-0.2, 0) is 30.9 Å². The molecule has 0 saturated heterocycles. The molecule has 4 aromatic carbocycles. The maximum atomic E-state index is 13.5. The molecule has 0 fully saturated rings. The van der Waals surface area contributed by atoms with E-state index in [2.05, 4.69) is 78.9 Å². The molecule has 0 aromatic heterocycles. The first-order chi connectivity index (χ1) is 22.9. The van der Waals surface area contributed by atoms with Crippen molar-refractivity contribution in [2.75, 3.05) is 26.4 Å². The number of benzene rings is 4. The van der Waals surface area contributed by atoms with Crippen molar-refractivity contribution >= 4 is 11.9 Å². The summed E-state index contributed by atoms with van der Waals surface area (Å²) in [4.78, 5) is 26.4. The van der Waals surface area contributed by atoms with Gasteiger partial charge in [0.15, 0.2) is 0 Å². The highest BCUT2D eigenvalue weighted by molar-refractivity contribution is 5.87. The Kier molecular flexibility index (Phi) is 11.6. The molecule has 0 heterocycles. The van der Waals surface area contributed by atoms with Crippen molar-refractivity contribution in [2.24, 2.45) is 11.8 Å². The van der Waals surface area contributed by atoms with E-state index < -0.39 is 11.3 Å². The van der Waals surface area contributed by atoms with Crippen molar-refractivity contribution in [3.63, 3.8) is 0 Å². The Morgan fingerprint density at radius 3 is 1.47 bits per heavy atom. The van der Waals surface area contributed by atoms with Crippen LogP contribution >= 0.6 is 0 Å². The first-order valence-corrected chi connectivity index (χ1v) is 16.8. The Hall–Kier alpha value is -4.26. The molecule has 246 valence electrons. The lowest BCUT2D eigenvalue weighted by Gasteiger charge is -2.37. The van der Waals surface area contributed by atoms with Gasteiger partial charge in [-0.2, -0.15) is 0 Å². The highest BCUT2D eigenvalue weighted by Gasteiger charge is 2.47. The van der Waals surface area contributed by atoms with Crippen LogP contribution < -0.4 is 0 Å². The number of fused-ring (bicyclic) bond motifs is 3. The monoisotopic (exact) mass is 634 g/mol. The number of ether oxygens (including phenoxy) is 2. The number of hydrogen-bond donors (Lipinski definition) is 2. The van der Waals surface area contributed by atoms with Crippen molar-refractivity contribution in [1.82, 2.24) is 0 Å². The molecule has 0 saturated carbocycles. The molecular weight excluding hydrogens is 588 g/mol. The van der Waals surface area contributed by atoms with E-state index in [9.17, 15) is 14.7 Å². The summed E-state index contributed by atoms with van der Waals surface area (Å²) in [5.74, 6) is -1.24. The SMILES string of the molecule is CC(Cc1ccccc1-c1ccccc1C1(CC(C)C(=O)OCCCCO)c2ccccc2-c2ccccc21)C(=O)OCCCCO. The molecule has 2 N–H and O–H groups in total. The van der Waals surface area contributed by atoms with Gasteiger partial charge in [0.2, 0.25) is 0 Å². The molecule has 1 aliphatic carbocycles. The zero-order valence-electron chi connectivity index (χ0n) is 27.5. The van der Waals surface area contributed by atoms with Gasteiger partial charge in [-0.15, -0.1) is 0 Å². The minimum atomic E-state index is -0.641. The summed E-state index contributed by atoms with van der Waals surface area (Å²) in [7, 11) is 0. The van der Waals surface area contributed by atoms with Crippen LogP contribution in [0.1, 0.15) is 68.2 Å². The van der Waals surface area contributed by atoms with Gasteiger partial charge in [0.25, 0.3) is 0 Å². The van der Waals surface area contributed by atoms with Crippen molar-refractivity contribution in [3.05, 3.63) is 119 Å². The van der Waals surface area contributed by atoms with Crippen LogP contribution in [0.2, 0.25) is 0 Å². The lowest BCUT2D eigenvalue weighted by atomic mass is 9.65. The normalized spacial score (nSPS) is 14.1. The van der Waals surface area contributed by atoms with Crippen molar-refractivity contribution in [2.45, 2.75) is 57.8 Å². The van der Waals surface area contributed by atoms with Crippen molar-refractivity contribution in [3.8, 4) is 22.3 Å². The standard InChI is InChI=1S/C41H46O6/c1-29(39(44)46-25-13-11-23-42)27-31-15-3-4-16-32(31)33-17-5-8-20-36(33)41(28-30(2)40(45)47-26-14-12-24-43)37-21-9-6-18-34(37)35-19-7-10-22-38(35)41/h3-10,15-22,29-30,42-43H,11-14,23-28H2,1-2H3. The van der Waals surface area contributed by atoms with Crippen LogP contribution in [0, 0.1) is 11.8 Å². The number of esters is 2. The van der Waals surface area contributed by atoms with Crippen LogP contribution in [0.4, 0.5) is 0 Å². The minimum absolute atomic E-state index is 0.0760. The van der Waals surface area contributed by atoms with Crippen LogP contribution in [0.15, 0.2) is 97.1 Å². The highest BCUT2D eigenvalue weighted by Crippen LogP contribution is 2.57. The number of aliphatic hydroxyl groups is 2. The molecule has 1 aliphatic rings. The number of carbonyl (C=O) groups excluding carboxylic acids is 2. The van der Waals surface area contributed by atoms with Gasteiger partial charge in [0.05, 0.1) is 25.0 Å². The topological polar surface area (TPSA) is 93.1 Å². The molecule has 0 spiro atoms. The largest absolute Gasteiger partial charge is 0.465 e. The third kappa shape index (κ3) is 7.34. The smallest absolute Gasteiger partial charge is 0.308 e. The minimum Gasteiger partial charge on any atom is -0.465 e. The molecule has 0 aliphatic heterocycles. The second-order valence-corrected chi connectivity index (χ2v) is 12.6. The van der Waals surface area contributed by atoms with Gasteiger partial charge in [-0.3, -0.25) is 9.59 Å². The van der Waals surface area contributed by atoms with Gasteiger partial charge in [-0.25, -0.2) is 0 Å². The molecule has 6 heteroatoms. The van der Waals surface area contributed by atoms with Gasteiger partial charge in [0, 0.05) is 18.6 Å². The average molecular weight is 635 g/mol. The lowest BCUT2D eigenvalue weighted by molar-refractivity contribution is -0.149. The predicted molar refractivity (Wildman–Crippen MR) is 185 cm³/mol. The van der Waals surface area contributed by atoms with E-state index in [1.165, 1.54) is 0 Å². The zero-order chi connectivity index (χ0) is 33.2. The zero-order valence-corrected chi connectivity index (χ0v) is 27.5. The first kappa shape index (κ1) is 34.1. The Morgan fingerprint density at radius 1 is 0.574 bits per heavy atom. The number of hydrogen-bond acceptors (Lipinski definition) is 6. The fourth-order valence-corrected chi connectivity index (χ4v) is 7.01. The Bertz CT molecular complexity index is 1610. The predicted octanol–water partition coefficient (Wildman–Crippen LogP) is 7.50. The first-order valence-electron chi connectivity index (χ1n) is 16.8. The summed E-state index contributed by atoms with van der Waals surface area (Å²) in [6.07, 6.45) is 3.49. The summed E-state index contributed by atoms with van der Waals surface area (Å²) in [5, 5.41) is 18.2. The summed E-state index contributed by atoms with van der Waals surface area (Å²) in [6.45, 7) is 4.60. The molecule has 0 amide bonds. The third-order valence-electron chi connectivity index (χ3n) is 9.30. The van der Waals surface area contributed by atoms with E-state index in [1.807, 2.05) is 32.0 Å². The second-order valence-electron chi connectivity index (χ2n) is 12.6. The molecule has 47 heavy (non-hydrogen) atoms. The lowest BCUT2D eigenvalue weighted by Crippen LogP contribution is -2.33. The Morgan fingerprint density at radius 2 is 0.979 bits per heavy atom. The van der Waals surface area contributed by atoms with Crippen LogP contribution in [-0.4, -0.2) is 48.6 Å². The van der Waals surface area contributed by atoms with Gasteiger partial charge < -0.3 is 19.7 Å². The highest BCUT2D eigenvalue weighted by atomic mass is 16.5. The second kappa shape index (κ2) is 16.0. The summed E-state index contributed by atoms with van der Waals surface area (Å²) >= 11 is 0. The number of rotatable bonds is 16. The van der Waals surface area contributed by atoms with Crippen molar-refractivity contribution < 1.29 is 29.3 Å². The molecule has 0 bridgehead atoms. The third-order valence-corrected chi connectivity index (χ3v) is 9.30. The fraction of sp³-hybridized carbons (Fsp3) is 0.366. The van der Waals surface area contributed by atoms with E-state index in [1.54, 1.807) is 0 Å². The van der Waals surface area contributed by atoms with Gasteiger partial charge >= 0.3 is 11.9 Å². The van der Waals surface area contributed by atoms with E-state index in [4.69, 9.17) is 14.6 Å². The van der Waals surface area contributed by atoms with E-state index in [0.29, 0.717) is 45.1 Å². The van der Waals surface area contributed by atoms with Crippen LogP contribution in [0.25, 0.3) is 22.3 Å². The molecule has 2 unspecified atom stereocenters. The molecule has 6 nitrogen and oxygen atoms in total. The number of unbranched alkanes of at least 4 members (excludes halogenated alkanes) is 2. The van der Waals surface area contributed by atoms with E-state index >= 15 is 0 Å². The number of aliphatic hydroxyl groups excluding tert-OH is 2. The van der Waals surface area contributed by atoms with Gasteiger partial charge in [-0.05, 0) is 83.0 Å². The molecule has 4 aromatic rings. The van der Waals surface area contributed by atoms with Gasteiger partial charge in [-0.1, -0.05) is 111 Å². The summed E-state index contributed by atoms with van der Waals surface area (Å²) < 4.78 is 11.2. The summed E-state index contributed by atoms with van der Waals surface area (Å²) in [5.41, 5.74) is 8.24. The molecule has 2 atom stereocenters. The molecule has 0 radical (unpaired) electrons. The van der Waals surface area contributed by atoms with Crippen molar-refractivity contribution in [1.29, 1.82) is 0 Å². The summed E-state index contributed by atoms with van der Waals surface area (Å²) in [6, 6.07) is 33.7. The van der Waals surface area contributed by atoms with E-state index in [0.717, 1.165) is 44.5 Å². The average Bonchev–Trinajstić information content (AvgIpc) is 3.38. The molecule has 5 rings (SSSR count). The number of carbonyl (C=O) groups is 2. The quantitative estimate of drug-likeness (QED) is 0.0979. The van der Waals surface area contributed by atoms with Gasteiger partial charge in [0.1, 0.15) is 0 Å². The molecular formula is C41H46O6.